The minimum absolute atomic E-state index is 0. The van der Waals surface area contributed by atoms with Crippen LogP contribution in [0.3, 0.4) is 0 Å². The molecule has 0 unspecified atom stereocenters. The number of amidine groups is 2. The summed E-state index contributed by atoms with van der Waals surface area (Å²) in [5.41, 5.74) is 14.1. The van der Waals surface area contributed by atoms with Gasteiger partial charge in [0.15, 0.2) is 0 Å². The first-order valence-corrected chi connectivity index (χ1v) is 8.01. The Labute approximate surface area is 177 Å². The van der Waals surface area contributed by atoms with Crippen LogP contribution < -0.4 is 11.5 Å². The van der Waals surface area contributed by atoms with Crippen molar-refractivity contribution >= 4 is 48.6 Å². The van der Waals surface area contributed by atoms with Crippen molar-refractivity contribution in [2.75, 3.05) is 13.2 Å². The van der Waals surface area contributed by atoms with E-state index in [1.165, 1.54) is 0 Å². The topological polar surface area (TPSA) is 118 Å². The molecule has 8 heteroatoms. The number of rotatable bonds is 9. The summed E-state index contributed by atoms with van der Waals surface area (Å²) in [7, 11) is 0. The number of nitrogens with one attached hydrogen (secondary N) is 2. The highest BCUT2D eigenvalue weighted by Gasteiger charge is 1.95. The Balaban J connectivity index is 0.00000364. The summed E-state index contributed by atoms with van der Waals surface area (Å²) in [6.45, 7) is 0.852. The SMILES string of the molecule is Cl.Cl.N=C(N)c1ccc(/C=C/OCCO/C=C/c2ccc(C(=N)N)cc2)cc1. The second-order valence-electron chi connectivity index (χ2n) is 5.42. The number of benzene rings is 2. The molecule has 0 heterocycles. The van der Waals surface area contributed by atoms with Crippen LogP contribution in [0.1, 0.15) is 22.3 Å². The maximum absolute atomic E-state index is 7.34. The first-order chi connectivity index (χ1) is 12.6. The lowest BCUT2D eigenvalue weighted by molar-refractivity contribution is 0.152. The van der Waals surface area contributed by atoms with Crippen molar-refractivity contribution in [1.29, 1.82) is 10.8 Å². The summed E-state index contributed by atoms with van der Waals surface area (Å²) in [6, 6.07) is 14.6. The van der Waals surface area contributed by atoms with Gasteiger partial charge in [0.25, 0.3) is 0 Å². The van der Waals surface area contributed by atoms with Crippen LogP contribution in [0.15, 0.2) is 61.1 Å². The van der Waals surface area contributed by atoms with Crippen LogP contribution in [0.25, 0.3) is 12.2 Å². The molecule has 0 aliphatic carbocycles. The number of halogens is 2. The van der Waals surface area contributed by atoms with E-state index in [2.05, 4.69) is 0 Å². The number of hydrogen-bond donors (Lipinski definition) is 4. The van der Waals surface area contributed by atoms with Crippen molar-refractivity contribution in [2.45, 2.75) is 0 Å². The highest BCUT2D eigenvalue weighted by atomic mass is 35.5. The second-order valence-corrected chi connectivity index (χ2v) is 5.42. The molecular weight excluding hydrogens is 399 g/mol. The van der Waals surface area contributed by atoms with Gasteiger partial charge in [0, 0.05) is 11.1 Å². The molecule has 0 fully saturated rings. The van der Waals surface area contributed by atoms with E-state index in [1.807, 2.05) is 36.4 Å². The van der Waals surface area contributed by atoms with Crippen LogP contribution in [0.2, 0.25) is 0 Å². The zero-order valence-electron chi connectivity index (χ0n) is 15.1. The molecule has 2 rings (SSSR count). The van der Waals surface area contributed by atoms with Crippen LogP contribution in [0, 0.1) is 10.8 Å². The molecule has 6 nitrogen and oxygen atoms in total. The molecule has 0 aliphatic rings. The van der Waals surface area contributed by atoms with Crippen molar-refractivity contribution in [1.82, 2.24) is 0 Å². The molecule has 28 heavy (non-hydrogen) atoms. The quantitative estimate of drug-likeness (QED) is 0.212. The molecule has 0 saturated heterocycles. The van der Waals surface area contributed by atoms with Gasteiger partial charge in [-0.2, -0.15) is 0 Å². The van der Waals surface area contributed by atoms with Crippen molar-refractivity contribution in [3.05, 3.63) is 83.3 Å². The van der Waals surface area contributed by atoms with Crippen molar-refractivity contribution in [3.63, 3.8) is 0 Å². The normalized spacial score (nSPS) is 10.1. The van der Waals surface area contributed by atoms with Gasteiger partial charge in [-0.25, -0.2) is 0 Å². The van der Waals surface area contributed by atoms with E-state index < -0.39 is 0 Å². The number of hydrogen-bond acceptors (Lipinski definition) is 4. The van der Waals surface area contributed by atoms with Crippen LogP contribution in [-0.2, 0) is 9.47 Å². The molecule has 0 aromatic heterocycles. The average Bonchev–Trinajstić information content (AvgIpc) is 2.64. The first-order valence-electron chi connectivity index (χ1n) is 8.01. The van der Waals surface area contributed by atoms with Gasteiger partial charge in [-0.05, 0) is 23.3 Å². The smallest absolute Gasteiger partial charge is 0.122 e. The Morgan fingerprint density at radius 2 is 1.00 bits per heavy atom. The zero-order valence-corrected chi connectivity index (χ0v) is 16.8. The van der Waals surface area contributed by atoms with Gasteiger partial charge < -0.3 is 20.9 Å². The monoisotopic (exact) mass is 422 g/mol. The summed E-state index contributed by atoms with van der Waals surface area (Å²) in [5, 5.41) is 14.7. The van der Waals surface area contributed by atoms with Gasteiger partial charge >= 0.3 is 0 Å². The molecular formula is C20H24Cl2N4O2. The zero-order chi connectivity index (χ0) is 18.8. The fraction of sp³-hybridized carbons (Fsp3) is 0.100. The molecule has 0 saturated carbocycles. The van der Waals surface area contributed by atoms with Crippen LogP contribution in [-0.4, -0.2) is 24.9 Å². The standard InChI is InChI=1S/C20H22N4O2.2ClH/c21-19(22)17-5-1-15(2-6-17)9-11-25-13-14-26-12-10-16-3-7-18(8-4-16)20(23)24;;/h1-12H,13-14H2,(H3,21,22)(H3,23,24);2*1H/b11-9+,12-10+;;. The van der Waals surface area contributed by atoms with E-state index in [0.29, 0.717) is 24.3 Å². The summed E-state index contributed by atoms with van der Waals surface area (Å²) in [4.78, 5) is 0. The molecule has 2 aromatic carbocycles. The van der Waals surface area contributed by atoms with E-state index in [-0.39, 0.29) is 36.5 Å². The maximum atomic E-state index is 7.34. The lowest BCUT2D eigenvalue weighted by Crippen LogP contribution is -2.10. The van der Waals surface area contributed by atoms with Gasteiger partial charge in [0.05, 0.1) is 12.5 Å². The summed E-state index contributed by atoms with van der Waals surface area (Å²) in [6.07, 6.45) is 6.87. The minimum Gasteiger partial charge on any atom is -0.498 e. The third-order valence-electron chi connectivity index (χ3n) is 3.48. The van der Waals surface area contributed by atoms with E-state index in [1.54, 1.807) is 36.8 Å². The lowest BCUT2D eigenvalue weighted by Gasteiger charge is -2.02. The predicted octanol–water partition coefficient (Wildman–Crippen LogP) is 3.77. The average molecular weight is 423 g/mol. The first kappa shape index (κ1) is 25.0. The minimum atomic E-state index is 0. The molecule has 0 radical (unpaired) electrons. The molecule has 0 amide bonds. The van der Waals surface area contributed by atoms with Crippen molar-refractivity contribution in [2.24, 2.45) is 11.5 Å². The van der Waals surface area contributed by atoms with E-state index in [0.717, 1.165) is 11.1 Å². The Morgan fingerprint density at radius 3 is 1.29 bits per heavy atom. The molecule has 2 aromatic rings. The second kappa shape index (κ2) is 13.2. The number of nitrogen functional groups attached to an aromatic ring is 2. The molecule has 150 valence electrons. The fourth-order valence-electron chi connectivity index (χ4n) is 2.03. The molecule has 0 atom stereocenters. The van der Waals surface area contributed by atoms with Gasteiger partial charge in [0.1, 0.15) is 24.9 Å². The van der Waals surface area contributed by atoms with Crippen LogP contribution in [0.4, 0.5) is 0 Å². The highest BCUT2D eigenvalue weighted by molar-refractivity contribution is 5.95. The number of nitrogens with two attached hydrogens (primary N) is 2. The third-order valence-corrected chi connectivity index (χ3v) is 3.48. The highest BCUT2D eigenvalue weighted by Crippen LogP contribution is 2.07. The Morgan fingerprint density at radius 1 is 0.679 bits per heavy atom. The van der Waals surface area contributed by atoms with Gasteiger partial charge in [-0.15, -0.1) is 24.8 Å². The van der Waals surface area contributed by atoms with Crippen molar-refractivity contribution in [3.8, 4) is 0 Å². The molecule has 0 bridgehead atoms. The third kappa shape index (κ3) is 8.62. The van der Waals surface area contributed by atoms with Crippen LogP contribution >= 0.6 is 24.8 Å². The Kier molecular flexibility index (Phi) is 11.8. The van der Waals surface area contributed by atoms with Gasteiger partial charge in [0.2, 0.25) is 0 Å². The summed E-state index contributed by atoms with van der Waals surface area (Å²) in [5.74, 6) is 0.105. The van der Waals surface area contributed by atoms with Crippen LogP contribution in [0.5, 0.6) is 0 Å². The fourth-order valence-corrected chi connectivity index (χ4v) is 2.03. The molecule has 0 spiro atoms. The number of ether oxygens (including phenoxy) is 2. The van der Waals surface area contributed by atoms with Gasteiger partial charge in [-0.1, -0.05) is 48.5 Å². The molecule has 6 N–H and O–H groups in total. The predicted molar refractivity (Wildman–Crippen MR) is 119 cm³/mol. The van der Waals surface area contributed by atoms with Gasteiger partial charge in [-0.3, -0.25) is 10.8 Å². The largest absolute Gasteiger partial charge is 0.498 e. The van der Waals surface area contributed by atoms with E-state index in [9.17, 15) is 0 Å². The maximum Gasteiger partial charge on any atom is 0.122 e. The molecule has 0 aliphatic heterocycles. The Hall–Kier alpha value is -2.96. The Bertz CT molecular complexity index is 734. The lowest BCUT2D eigenvalue weighted by atomic mass is 10.1. The van der Waals surface area contributed by atoms with E-state index >= 15 is 0 Å². The van der Waals surface area contributed by atoms with Crippen molar-refractivity contribution < 1.29 is 9.47 Å². The summed E-state index contributed by atoms with van der Waals surface area (Å²) >= 11 is 0. The summed E-state index contributed by atoms with van der Waals surface area (Å²) < 4.78 is 10.7. The van der Waals surface area contributed by atoms with E-state index in [4.69, 9.17) is 31.8 Å².